The lowest BCUT2D eigenvalue weighted by Gasteiger charge is -2.35. The molecule has 0 aliphatic carbocycles. The fourth-order valence-electron chi connectivity index (χ4n) is 2.97. The Morgan fingerprint density at radius 1 is 0.960 bits per heavy atom. The average molecular weight is 364 g/mol. The minimum atomic E-state index is -3.83. The van der Waals surface area contributed by atoms with Gasteiger partial charge in [0.2, 0.25) is 10.0 Å². The number of sulfonamides is 1. The summed E-state index contributed by atoms with van der Waals surface area (Å²) in [6, 6.07) is 14.8. The minimum Gasteiger partial charge on any atom is -0.387 e. The Labute approximate surface area is 147 Å². The second kappa shape index (κ2) is 7.61. The maximum atomic E-state index is 13.8. The van der Waals surface area contributed by atoms with Gasteiger partial charge in [0.25, 0.3) is 0 Å². The summed E-state index contributed by atoms with van der Waals surface area (Å²) < 4.78 is 40.3. The molecule has 25 heavy (non-hydrogen) atoms. The topological polar surface area (TPSA) is 60.9 Å². The molecule has 1 N–H and O–H groups in total. The Kier molecular flexibility index (Phi) is 5.48. The molecule has 1 aliphatic rings. The Balaban J connectivity index is 1.61. The normalized spacial score (nSPS) is 18.2. The highest BCUT2D eigenvalue weighted by Crippen LogP contribution is 2.21. The lowest BCUT2D eigenvalue weighted by Crippen LogP contribution is -2.49. The number of aliphatic hydroxyl groups is 1. The van der Waals surface area contributed by atoms with Crippen LogP contribution >= 0.6 is 0 Å². The van der Waals surface area contributed by atoms with Crippen molar-refractivity contribution < 1.29 is 17.9 Å². The molecule has 7 heteroatoms. The van der Waals surface area contributed by atoms with E-state index in [1.807, 2.05) is 35.2 Å². The standard InChI is InChI=1S/C18H21FN2O3S/c19-16-8-4-5-9-18(16)25(23,24)21-12-10-20(11-13-21)14-17(22)15-6-2-1-3-7-15/h1-9,17,22H,10-14H2/t17-/m0/s1. The second-order valence-electron chi connectivity index (χ2n) is 6.06. The molecule has 0 unspecified atom stereocenters. The van der Waals surface area contributed by atoms with Crippen LogP contribution in [-0.2, 0) is 10.0 Å². The van der Waals surface area contributed by atoms with Crippen LogP contribution in [0, 0.1) is 5.82 Å². The molecular formula is C18H21FN2O3S. The fourth-order valence-corrected chi connectivity index (χ4v) is 4.46. The summed E-state index contributed by atoms with van der Waals surface area (Å²) in [5, 5.41) is 10.3. The zero-order valence-corrected chi connectivity index (χ0v) is 14.6. The maximum Gasteiger partial charge on any atom is 0.246 e. The maximum absolute atomic E-state index is 13.8. The second-order valence-corrected chi connectivity index (χ2v) is 7.97. The van der Waals surface area contributed by atoms with Crippen LogP contribution in [-0.4, -0.2) is 55.5 Å². The summed E-state index contributed by atoms with van der Waals surface area (Å²) in [6.45, 7) is 1.99. The molecule has 0 spiro atoms. The number of nitrogens with zero attached hydrogens (tertiary/aromatic N) is 2. The zero-order chi connectivity index (χ0) is 17.9. The Hall–Kier alpha value is -1.80. The van der Waals surface area contributed by atoms with Crippen LogP contribution in [0.1, 0.15) is 11.7 Å². The lowest BCUT2D eigenvalue weighted by molar-refractivity contribution is 0.0921. The number of benzene rings is 2. The van der Waals surface area contributed by atoms with Crippen molar-refractivity contribution in [3.8, 4) is 0 Å². The lowest BCUT2D eigenvalue weighted by atomic mass is 10.1. The van der Waals surface area contributed by atoms with E-state index in [0.29, 0.717) is 19.6 Å². The van der Waals surface area contributed by atoms with Crippen molar-refractivity contribution in [3.05, 3.63) is 66.0 Å². The highest BCUT2D eigenvalue weighted by molar-refractivity contribution is 7.89. The van der Waals surface area contributed by atoms with E-state index >= 15 is 0 Å². The van der Waals surface area contributed by atoms with E-state index in [4.69, 9.17) is 0 Å². The van der Waals surface area contributed by atoms with Crippen LogP contribution in [0.2, 0.25) is 0 Å². The SMILES string of the molecule is O=S(=O)(c1ccccc1F)N1CCN(C[C@H](O)c2ccccc2)CC1. The van der Waals surface area contributed by atoms with Gasteiger partial charge in [-0.05, 0) is 17.7 Å². The van der Waals surface area contributed by atoms with Gasteiger partial charge in [0.15, 0.2) is 0 Å². The number of piperazine rings is 1. The van der Waals surface area contributed by atoms with Crippen molar-refractivity contribution in [2.24, 2.45) is 0 Å². The number of β-amino-alcohol motifs (C(OH)–C–C–N with tert-alkyl or cyclic N) is 1. The van der Waals surface area contributed by atoms with Gasteiger partial charge in [-0.15, -0.1) is 0 Å². The van der Waals surface area contributed by atoms with E-state index in [-0.39, 0.29) is 18.0 Å². The van der Waals surface area contributed by atoms with E-state index in [9.17, 15) is 17.9 Å². The van der Waals surface area contributed by atoms with Crippen LogP contribution < -0.4 is 0 Å². The Morgan fingerprint density at radius 2 is 1.56 bits per heavy atom. The van der Waals surface area contributed by atoms with Crippen molar-refractivity contribution in [1.29, 1.82) is 0 Å². The number of aliphatic hydroxyl groups excluding tert-OH is 1. The molecule has 5 nitrogen and oxygen atoms in total. The molecule has 0 amide bonds. The van der Waals surface area contributed by atoms with Gasteiger partial charge in [0, 0.05) is 32.7 Å². The summed E-state index contributed by atoms with van der Waals surface area (Å²) in [5.74, 6) is -0.732. The van der Waals surface area contributed by atoms with E-state index in [1.165, 1.54) is 22.5 Å². The smallest absolute Gasteiger partial charge is 0.246 e. The van der Waals surface area contributed by atoms with Gasteiger partial charge < -0.3 is 5.11 Å². The van der Waals surface area contributed by atoms with Crippen molar-refractivity contribution in [2.45, 2.75) is 11.0 Å². The monoisotopic (exact) mass is 364 g/mol. The third-order valence-corrected chi connectivity index (χ3v) is 6.33. The molecule has 2 aromatic rings. The molecule has 0 saturated carbocycles. The van der Waals surface area contributed by atoms with Gasteiger partial charge in [-0.25, -0.2) is 12.8 Å². The van der Waals surface area contributed by atoms with Gasteiger partial charge in [0.05, 0.1) is 6.10 Å². The summed E-state index contributed by atoms with van der Waals surface area (Å²) in [4.78, 5) is 1.73. The van der Waals surface area contributed by atoms with Crippen LogP contribution in [0.25, 0.3) is 0 Å². The van der Waals surface area contributed by atoms with Gasteiger partial charge in [-0.1, -0.05) is 42.5 Å². The molecule has 1 heterocycles. The molecule has 1 fully saturated rings. The summed E-state index contributed by atoms with van der Waals surface area (Å²) >= 11 is 0. The quantitative estimate of drug-likeness (QED) is 0.880. The van der Waals surface area contributed by atoms with Crippen LogP contribution in [0.5, 0.6) is 0 Å². The average Bonchev–Trinajstić information content (AvgIpc) is 2.63. The molecule has 2 aromatic carbocycles. The van der Waals surface area contributed by atoms with Gasteiger partial charge in [-0.2, -0.15) is 4.31 Å². The largest absolute Gasteiger partial charge is 0.387 e. The Morgan fingerprint density at radius 3 is 2.20 bits per heavy atom. The number of hydrogen-bond acceptors (Lipinski definition) is 4. The van der Waals surface area contributed by atoms with E-state index in [2.05, 4.69) is 0 Å². The summed E-state index contributed by atoms with van der Waals surface area (Å²) in [7, 11) is -3.83. The van der Waals surface area contributed by atoms with Gasteiger partial charge in [0.1, 0.15) is 10.7 Å². The van der Waals surface area contributed by atoms with E-state index in [1.54, 1.807) is 0 Å². The fraction of sp³-hybridized carbons (Fsp3) is 0.333. The van der Waals surface area contributed by atoms with Crippen molar-refractivity contribution in [3.63, 3.8) is 0 Å². The van der Waals surface area contributed by atoms with E-state index < -0.39 is 21.9 Å². The highest BCUT2D eigenvalue weighted by atomic mass is 32.2. The predicted molar refractivity (Wildman–Crippen MR) is 93.0 cm³/mol. The Bertz CT molecular complexity index is 806. The molecule has 0 bridgehead atoms. The first-order valence-electron chi connectivity index (χ1n) is 8.18. The first-order chi connectivity index (χ1) is 12.0. The first-order valence-corrected chi connectivity index (χ1v) is 9.62. The number of hydrogen-bond donors (Lipinski definition) is 1. The third-order valence-electron chi connectivity index (χ3n) is 4.40. The molecule has 1 aliphatic heterocycles. The molecule has 1 saturated heterocycles. The van der Waals surface area contributed by atoms with Gasteiger partial charge >= 0.3 is 0 Å². The van der Waals surface area contributed by atoms with Crippen LogP contribution in [0.15, 0.2) is 59.5 Å². The van der Waals surface area contributed by atoms with Crippen LogP contribution in [0.4, 0.5) is 4.39 Å². The van der Waals surface area contributed by atoms with Crippen molar-refractivity contribution in [2.75, 3.05) is 32.7 Å². The molecule has 1 atom stereocenters. The highest BCUT2D eigenvalue weighted by Gasteiger charge is 2.30. The molecule has 0 aromatic heterocycles. The van der Waals surface area contributed by atoms with Crippen molar-refractivity contribution in [1.82, 2.24) is 9.21 Å². The van der Waals surface area contributed by atoms with E-state index in [0.717, 1.165) is 11.6 Å². The summed E-state index contributed by atoms with van der Waals surface area (Å²) in [6.07, 6.45) is -0.615. The molecule has 134 valence electrons. The molecule has 0 radical (unpaired) electrons. The molecular weight excluding hydrogens is 343 g/mol. The third kappa shape index (κ3) is 4.07. The number of rotatable bonds is 5. The zero-order valence-electron chi connectivity index (χ0n) is 13.8. The minimum absolute atomic E-state index is 0.276. The van der Waals surface area contributed by atoms with Gasteiger partial charge in [-0.3, -0.25) is 4.90 Å². The first kappa shape index (κ1) is 18.0. The van der Waals surface area contributed by atoms with Crippen molar-refractivity contribution >= 4 is 10.0 Å². The number of halogens is 1. The van der Waals surface area contributed by atoms with Crippen LogP contribution in [0.3, 0.4) is 0 Å². The molecule has 3 rings (SSSR count). The predicted octanol–water partition coefficient (Wildman–Crippen LogP) is 1.87. The summed E-state index contributed by atoms with van der Waals surface area (Å²) in [5.41, 5.74) is 0.837.